The highest BCUT2D eigenvalue weighted by Gasteiger charge is 1.82. The van der Waals surface area contributed by atoms with Crippen LogP contribution in [0.2, 0.25) is 0 Å². The lowest BCUT2D eigenvalue weighted by atomic mass is 10.2. The third-order valence-electron chi connectivity index (χ3n) is 9.73. The number of hydrogen-bond acceptors (Lipinski definition) is 0. The van der Waals surface area contributed by atoms with Crippen molar-refractivity contribution >= 4 is 54.7 Å². The largest absolute Gasteiger partial charge is 0.0991 e. The van der Waals surface area contributed by atoms with Gasteiger partial charge in [0.05, 0.1) is 0 Å². The summed E-state index contributed by atoms with van der Waals surface area (Å²) in [6.45, 7) is 32.6. The van der Waals surface area contributed by atoms with Crippen molar-refractivity contribution < 1.29 is 0 Å². The molecule has 0 amide bonds. The number of hydrogen-bond donors (Lipinski definition) is 0. The summed E-state index contributed by atoms with van der Waals surface area (Å²) in [5.74, 6) is 0. The fraction of sp³-hybridized carbons (Fsp3) is 0. The maximum absolute atomic E-state index is 3.63. The van der Waals surface area contributed by atoms with Crippen molar-refractivity contribution in [2.24, 2.45) is 0 Å². The lowest BCUT2D eigenvalue weighted by Crippen LogP contribution is -1.66. The number of allylic oxidation sites excluding steroid dienone is 4. The monoisotopic (exact) mass is 989 g/mol. The van der Waals surface area contributed by atoms with Gasteiger partial charge in [-0.15, -0.1) is 0 Å². The summed E-state index contributed by atoms with van der Waals surface area (Å²) in [5, 5.41) is 0. The number of rotatable bonds is 11. The van der Waals surface area contributed by atoms with Gasteiger partial charge >= 0.3 is 0 Å². The molecule has 380 valence electrons. The molecule has 0 atom stereocenters. The fourth-order valence-electron chi connectivity index (χ4n) is 5.59. The Morgan fingerprint density at radius 1 is 0.158 bits per heavy atom. The molecule has 0 radical (unpaired) electrons. The van der Waals surface area contributed by atoms with E-state index in [1.54, 1.807) is 6.08 Å². The van der Waals surface area contributed by atoms with E-state index in [0.717, 1.165) is 0 Å². The van der Waals surface area contributed by atoms with E-state index in [0.29, 0.717) is 0 Å². The van der Waals surface area contributed by atoms with Crippen LogP contribution < -0.4 is 0 Å². The molecule has 0 bridgehead atoms. The summed E-state index contributed by atoms with van der Waals surface area (Å²) < 4.78 is 0. The van der Waals surface area contributed by atoms with E-state index in [4.69, 9.17) is 0 Å². The summed E-state index contributed by atoms with van der Waals surface area (Å²) in [5.41, 5.74) is 10.6. The van der Waals surface area contributed by atoms with Crippen LogP contribution in [0.5, 0.6) is 0 Å². The van der Waals surface area contributed by atoms with Crippen molar-refractivity contribution in [2.75, 3.05) is 0 Å². The minimum absolute atomic E-state index is 1.17. The summed E-state index contributed by atoms with van der Waals surface area (Å²) in [7, 11) is 0. The van der Waals surface area contributed by atoms with Crippen LogP contribution in [0.15, 0.2) is 357 Å². The maximum Gasteiger partial charge on any atom is -0.0257 e. The van der Waals surface area contributed by atoms with Gasteiger partial charge in [0.1, 0.15) is 0 Å². The Kier molecular flexibility index (Phi) is 40.0. The van der Waals surface area contributed by atoms with Gasteiger partial charge in [-0.3, -0.25) is 0 Å². The zero-order valence-corrected chi connectivity index (χ0v) is 44.4. The van der Waals surface area contributed by atoms with E-state index in [2.05, 4.69) is 77.4 Å². The molecule has 0 heterocycles. The van der Waals surface area contributed by atoms with E-state index in [1.807, 2.05) is 328 Å². The van der Waals surface area contributed by atoms with Crippen LogP contribution in [-0.4, -0.2) is 0 Å². The van der Waals surface area contributed by atoms with Gasteiger partial charge in [0, 0.05) is 0 Å². The zero-order valence-electron chi connectivity index (χ0n) is 44.4. The lowest BCUT2D eigenvalue weighted by Gasteiger charge is -1.87. The molecule has 0 nitrogen and oxygen atoms in total. The van der Waals surface area contributed by atoms with Crippen molar-refractivity contribution in [1.29, 1.82) is 0 Å². The SMILES string of the molecule is C=CC=CC=Cc1ccccc1.C=Cc1ccccc1.C=Cc1ccccc1.C=Cc1ccccc1.C=Cc1ccccc1.C=Cc1ccccc1.C=Cc1ccccc1.C=Cc1ccccc1.C=Cc1ccccc1. The first-order valence-electron chi connectivity index (χ1n) is 24.8. The first-order chi connectivity index (χ1) is 37.4. The van der Waals surface area contributed by atoms with Crippen molar-refractivity contribution in [1.82, 2.24) is 0 Å². The molecule has 9 rings (SSSR count). The highest BCUT2D eigenvalue weighted by Crippen LogP contribution is 2.04. The third kappa shape index (κ3) is 36.1. The van der Waals surface area contributed by atoms with Crippen LogP contribution in [0.25, 0.3) is 54.7 Å². The quantitative estimate of drug-likeness (QED) is 0.113. The molecule has 0 spiro atoms. The van der Waals surface area contributed by atoms with E-state index in [9.17, 15) is 0 Å². The molecule has 0 fully saturated rings. The smallest absolute Gasteiger partial charge is 0.0257 e. The van der Waals surface area contributed by atoms with Gasteiger partial charge in [0.2, 0.25) is 0 Å². The van der Waals surface area contributed by atoms with Gasteiger partial charge in [0.25, 0.3) is 0 Å². The Labute approximate surface area is 458 Å². The van der Waals surface area contributed by atoms with Gasteiger partial charge in [-0.05, 0) is 50.1 Å². The van der Waals surface area contributed by atoms with Crippen LogP contribution in [0.1, 0.15) is 50.1 Å². The third-order valence-corrected chi connectivity index (χ3v) is 9.73. The van der Waals surface area contributed by atoms with Gasteiger partial charge in [-0.1, -0.05) is 411 Å². The molecule has 0 unspecified atom stereocenters. The van der Waals surface area contributed by atoms with Crippen molar-refractivity contribution in [2.45, 2.75) is 0 Å². The number of benzene rings is 9. The van der Waals surface area contributed by atoms with Gasteiger partial charge in [-0.2, -0.15) is 0 Å². The van der Waals surface area contributed by atoms with E-state index in [-0.39, 0.29) is 0 Å². The predicted octanol–water partition coefficient (Wildman–Crippen LogP) is 22.1. The molecule has 9 aromatic rings. The summed E-state index contributed by atoms with van der Waals surface area (Å²) in [4.78, 5) is 0. The fourth-order valence-corrected chi connectivity index (χ4v) is 5.59. The average Bonchev–Trinajstić information content (AvgIpc) is 3.53. The van der Waals surface area contributed by atoms with Crippen molar-refractivity contribution in [3.63, 3.8) is 0 Å². The van der Waals surface area contributed by atoms with Crippen molar-refractivity contribution in [3.05, 3.63) is 407 Å². The molecule has 0 aliphatic rings. The average molecular weight is 989 g/mol. The molecule has 76 heavy (non-hydrogen) atoms. The van der Waals surface area contributed by atoms with Crippen LogP contribution in [0, 0.1) is 0 Å². The van der Waals surface area contributed by atoms with Crippen LogP contribution >= 0.6 is 0 Å². The molecule has 0 aromatic heterocycles. The lowest BCUT2D eigenvalue weighted by molar-refractivity contribution is 1.66. The molecule has 0 saturated carbocycles. The normalized spacial score (nSPS) is 8.89. The molecular formula is C76H76. The van der Waals surface area contributed by atoms with E-state index >= 15 is 0 Å². The Morgan fingerprint density at radius 3 is 0.421 bits per heavy atom. The minimum atomic E-state index is 1.17. The second kappa shape index (κ2) is 47.4. The molecule has 0 aliphatic carbocycles. The van der Waals surface area contributed by atoms with Gasteiger partial charge in [-0.25, -0.2) is 0 Å². The van der Waals surface area contributed by atoms with Gasteiger partial charge < -0.3 is 0 Å². The first-order valence-corrected chi connectivity index (χ1v) is 24.8. The van der Waals surface area contributed by atoms with Crippen molar-refractivity contribution in [3.8, 4) is 0 Å². The summed E-state index contributed by atoms with van der Waals surface area (Å²) in [6, 6.07) is 90.4. The van der Waals surface area contributed by atoms with Crippen LogP contribution in [0.4, 0.5) is 0 Å². The topological polar surface area (TPSA) is 0 Å². The second-order valence-corrected chi connectivity index (χ2v) is 15.3. The Morgan fingerprint density at radius 2 is 0.303 bits per heavy atom. The Bertz CT molecular complexity index is 2360. The van der Waals surface area contributed by atoms with Gasteiger partial charge in [0.15, 0.2) is 0 Å². The standard InChI is InChI=1S/C12H12.8C8H8/c1-2-3-4-6-9-12-10-7-5-8-11-12;8*1-2-8-6-4-3-5-7-8/h2-11H,1H2;8*2-7H,1H2. The molecule has 0 N–H and O–H groups in total. The summed E-state index contributed by atoms with van der Waals surface area (Å²) in [6.07, 6.45) is 24.3. The zero-order chi connectivity index (χ0) is 55.2. The summed E-state index contributed by atoms with van der Waals surface area (Å²) >= 11 is 0. The minimum Gasteiger partial charge on any atom is -0.0991 e. The molecular weight excluding hydrogens is 913 g/mol. The van der Waals surface area contributed by atoms with E-state index in [1.165, 1.54) is 50.1 Å². The second-order valence-electron chi connectivity index (χ2n) is 15.3. The predicted molar refractivity (Wildman–Crippen MR) is 347 cm³/mol. The van der Waals surface area contributed by atoms with E-state index < -0.39 is 0 Å². The molecule has 0 saturated heterocycles. The van der Waals surface area contributed by atoms with Crippen LogP contribution in [0.3, 0.4) is 0 Å². The van der Waals surface area contributed by atoms with Crippen LogP contribution in [-0.2, 0) is 0 Å². The molecule has 9 aromatic carbocycles. The first kappa shape index (κ1) is 64.1. The Balaban J connectivity index is 0.000000429. The Hall–Kier alpha value is -9.88. The molecule has 0 aliphatic heterocycles. The molecule has 0 heteroatoms. The maximum atomic E-state index is 3.63. The highest BCUT2D eigenvalue weighted by molar-refractivity contribution is 5.52. The highest BCUT2D eigenvalue weighted by atomic mass is 13.9.